The molecule has 0 spiro atoms. The summed E-state index contributed by atoms with van der Waals surface area (Å²) in [6, 6.07) is -0.179. The van der Waals surface area contributed by atoms with E-state index in [4.69, 9.17) is 4.74 Å². The van der Waals surface area contributed by atoms with Gasteiger partial charge in [-0.25, -0.2) is 0 Å². The Morgan fingerprint density at radius 1 is 1.53 bits per heavy atom. The smallest absolute Gasteiger partial charge is 0.323 e. The van der Waals surface area contributed by atoms with Gasteiger partial charge in [-0.1, -0.05) is 20.3 Å². The Bertz CT molecular complexity index is 245. The zero-order valence-corrected chi connectivity index (χ0v) is 11.2. The number of rotatable bonds is 5. The minimum absolute atomic E-state index is 0.142. The van der Waals surface area contributed by atoms with Gasteiger partial charge in [-0.2, -0.15) is 0 Å². The van der Waals surface area contributed by atoms with Crippen LogP contribution in [0.15, 0.2) is 0 Å². The molecule has 1 rings (SSSR count). The number of carbonyl (C=O) groups excluding carboxylic acids is 1. The molecule has 17 heavy (non-hydrogen) atoms. The summed E-state index contributed by atoms with van der Waals surface area (Å²) in [5.41, 5.74) is 0. The summed E-state index contributed by atoms with van der Waals surface area (Å²) >= 11 is 0. The number of aliphatic hydroxyl groups is 1. The van der Waals surface area contributed by atoms with Crippen LogP contribution in [0, 0.1) is 5.92 Å². The Morgan fingerprint density at radius 2 is 2.24 bits per heavy atom. The van der Waals surface area contributed by atoms with Crippen LogP contribution in [-0.2, 0) is 9.53 Å². The molecule has 3 atom stereocenters. The molecule has 0 amide bonds. The predicted molar refractivity (Wildman–Crippen MR) is 66.7 cm³/mol. The molecule has 1 aliphatic rings. The minimum Gasteiger partial charge on any atom is -0.465 e. The van der Waals surface area contributed by atoms with E-state index in [1.807, 2.05) is 6.92 Å². The first-order valence-corrected chi connectivity index (χ1v) is 6.68. The molecule has 0 aromatic heterocycles. The molecule has 0 bridgehead atoms. The number of β-amino-alcohol motifs (C(OH)–C–C–N with tert-alkyl or cyclic N) is 1. The fourth-order valence-corrected chi connectivity index (χ4v) is 2.32. The van der Waals surface area contributed by atoms with Gasteiger partial charge < -0.3 is 9.84 Å². The summed E-state index contributed by atoms with van der Waals surface area (Å²) in [7, 11) is 0. The molecule has 4 heteroatoms. The normalized spacial score (nSPS) is 27.8. The van der Waals surface area contributed by atoms with E-state index in [9.17, 15) is 9.90 Å². The molecule has 1 fully saturated rings. The number of hydrogen-bond acceptors (Lipinski definition) is 4. The van der Waals surface area contributed by atoms with Crippen LogP contribution in [0.4, 0.5) is 0 Å². The molecule has 0 aliphatic carbocycles. The Balaban J connectivity index is 2.60. The van der Waals surface area contributed by atoms with Gasteiger partial charge in [0.1, 0.15) is 6.04 Å². The van der Waals surface area contributed by atoms with E-state index in [2.05, 4.69) is 18.7 Å². The van der Waals surface area contributed by atoms with Crippen molar-refractivity contribution in [2.24, 2.45) is 5.92 Å². The lowest BCUT2D eigenvalue weighted by Crippen LogP contribution is -2.51. The Kier molecular flexibility index (Phi) is 5.92. The van der Waals surface area contributed by atoms with E-state index in [1.165, 1.54) is 0 Å². The van der Waals surface area contributed by atoms with Gasteiger partial charge in [-0.3, -0.25) is 9.69 Å². The molecule has 3 unspecified atom stereocenters. The second kappa shape index (κ2) is 6.97. The number of likely N-dealkylation sites (tertiary alicyclic amines) is 1. The number of nitrogens with zero attached hydrogens (tertiary/aromatic N) is 1. The number of piperidine rings is 1. The third-order valence-corrected chi connectivity index (χ3v) is 3.51. The predicted octanol–water partition coefficient (Wildman–Crippen LogP) is 1.42. The van der Waals surface area contributed by atoms with Crippen LogP contribution in [0.1, 0.15) is 40.0 Å². The van der Waals surface area contributed by atoms with Crippen LogP contribution < -0.4 is 0 Å². The van der Waals surface area contributed by atoms with E-state index >= 15 is 0 Å². The van der Waals surface area contributed by atoms with Crippen LogP contribution in [0.5, 0.6) is 0 Å². The zero-order chi connectivity index (χ0) is 12.8. The van der Waals surface area contributed by atoms with Gasteiger partial charge in [0.05, 0.1) is 12.7 Å². The molecule has 0 saturated carbocycles. The van der Waals surface area contributed by atoms with E-state index < -0.39 is 0 Å². The number of ether oxygens (including phenoxy) is 1. The van der Waals surface area contributed by atoms with Gasteiger partial charge >= 0.3 is 5.97 Å². The van der Waals surface area contributed by atoms with Crippen molar-refractivity contribution < 1.29 is 14.6 Å². The quantitative estimate of drug-likeness (QED) is 0.742. The Labute approximate surface area is 104 Å². The maximum atomic E-state index is 11.9. The lowest BCUT2D eigenvalue weighted by atomic mass is 9.94. The molecule has 0 radical (unpaired) electrons. The largest absolute Gasteiger partial charge is 0.465 e. The van der Waals surface area contributed by atoms with Gasteiger partial charge in [0, 0.05) is 6.54 Å². The fraction of sp³-hybridized carbons (Fsp3) is 0.923. The van der Waals surface area contributed by atoms with Crippen LogP contribution in [0.2, 0.25) is 0 Å². The van der Waals surface area contributed by atoms with Gasteiger partial charge in [0.2, 0.25) is 0 Å². The lowest BCUT2D eigenvalue weighted by Gasteiger charge is -2.38. The van der Waals surface area contributed by atoms with Crippen molar-refractivity contribution in [1.29, 1.82) is 0 Å². The topological polar surface area (TPSA) is 49.8 Å². The summed E-state index contributed by atoms with van der Waals surface area (Å²) in [5, 5.41) is 9.88. The monoisotopic (exact) mass is 243 g/mol. The highest BCUT2D eigenvalue weighted by Gasteiger charge is 2.32. The number of carbonyl (C=O) groups is 1. The summed E-state index contributed by atoms with van der Waals surface area (Å²) in [5.74, 6) is 0.187. The number of hydrogen-bond donors (Lipinski definition) is 1. The molecule has 1 N–H and O–H groups in total. The number of aliphatic hydroxyl groups excluding tert-OH is 1. The average molecular weight is 243 g/mol. The second-order valence-electron chi connectivity index (χ2n) is 4.88. The minimum atomic E-state index is -0.322. The second-order valence-corrected chi connectivity index (χ2v) is 4.88. The Morgan fingerprint density at radius 3 is 2.76 bits per heavy atom. The first kappa shape index (κ1) is 14.5. The standard InChI is InChI=1S/C13H25NO3/c1-4-6-11(13(16)17-5-2)14-8-7-10(3)12(15)9-14/h10-12,15H,4-9H2,1-3H3. The zero-order valence-electron chi connectivity index (χ0n) is 11.2. The highest BCUT2D eigenvalue weighted by atomic mass is 16.5. The summed E-state index contributed by atoms with van der Waals surface area (Å²) < 4.78 is 5.11. The molecule has 0 aromatic carbocycles. The highest BCUT2D eigenvalue weighted by molar-refractivity contribution is 5.75. The summed E-state index contributed by atoms with van der Waals surface area (Å²) in [4.78, 5) is 14.0. The molecule has 1 aliphatic heterocycles. The van der Waals surface area contributed by atoms with Crippen molar-refractivity contribution in [2.45, 2.75) is 52.2 Å². The molecule has 1 saturated heterocycles. The molecular weight excluding hydrogens is 218 g/mol. The maximum Gasteiger partial charge on any atom is 0.323 e. The third-order valence-electron chi connectivity index (χ3n) is 3.51. The van der Waals surface area contributed by atoms with Crippen LogP contribution >= 0.6 is 0 Å². The van der Waals surface area contributed by atoms with Gasteiger partial charge in [0.25, 0.3) is 0 Å². The van der Waals surface area contributed by atoms with Crippen LogP contribution in [0.3, 0.4) is 0 Å². The first-order chi connectivity index (χ1) is 8.10. The fourth-order valence-electron chi connectivity index (χ4n) is 2.32. The third kappa shape index (κ3) is 3.96. The van der Waals surface area contributed by atoms with Crippen molar-refractivity contribution in [1.82, 2.24) is 4.90 Å². The molecular formula is C13H25NO3. The number of esters is 1. The van der Waals surface area contributed by atoms with Gasteiger partial charge in [0.15, 0.2) is 0 Å². The first-order valence-electron chi connectivity index (χ1n) is 6.68. The molecule has 0 aromatic rings. The van der Waals surface area contributed by atoms with Crippen molar-refractivity contribution in [3.05, 3.63) is 0 Å². The van der Waals surface area contributed by atoms with E-state index in [0.717, 1.165) is 25.8 Å². The SMILES string of the molecule is CCCC(C(=O)OCC)N1CCC(C)C(O)C1. The van der Waals surface area contributed by atoms with Crippen molar-refractivity contribution >= 4 is 5.97 Å². The van der Waals surface area contributed by atoms with Crippen molar-refractivity contribution in [2.75, 3.05) is 19.7 Å². The van der Waals surface area contributed by atoms with E-state index in [0.29, 0.717) is 19.1 Å². The van der Waals surface area contributed by atoms with Crippen LogP contribution in [0.25, 0.3) is 0 Å². The average Bonchev–Trinajstić information content (AvgIpc) is 2.30. The van der Waals surface area contributed by atoms with Crippen molar-refractivity contribution in [3.63, 3.8) is 0 Å². The summed E-state index contributed by atoms with van der Waals surface area (Å²) in [6.07, 6.45) is 2.38. The highest BCUT2D eigenvalue weighted by Crippen LogP contribution is 2.21. The lowest BCUT2D eigenvalue weighted by molar-refractivity contribution is -0.151. The molecule has 4 nitrogen and oxygen atoms in total. The van der Waals surface area contributed by atoms with E-state index in [-0.39, 0.29) is 18.1 Å². The van der Waals surface area contributed by atoms with Crippen molar-refractivity contribution in [3.8, 4) is 0 Å². The van der Waals surface area contributed by atoms with E-state index in [1.54, 1.807) is 0 Å². The summed E-state index contributed by atoms with van der Waals surface area (Å²) in [6.45, 7) is 7.84. The Hall–Kier alpha value is -0.610. The molecule has 100 valence electrons. The van der Waals surface area contributed by atoms with Gasteiger partial charge in [-0.05, 0) is 32.2 Å². The maximum absolute atomic E-state index is 11.9. The molecule has 1 heterocycles. The van der Waals surface area contributed by atoms with Crippen LogP contribution in [-0.4, -0.2) is 47.8 Å². The van der Waals surface area contributed by atoms with Gasteiger partial charge in [-0.15, -0.1) is 0 Å².